The third-order valence-corrected chi connectivity index (χ3v) is 1.74. The molecular weight excluding hydrogens is 168 g/mol. The summed E-state index contributed by atoms with van der Waals surface area (Å²) in [5.41, 5.74) is 1.07. The van der Waals surface area contributed by atoms with Crippen molar-refractivity contribution in [3.63, 3.8) is 0 Å². The minimum atomic E-state index is 0.0240. The van der Waals surface area contributed by atoms with Gasteiger partial charge >= 0.3 is 0 Å². The fourth-order valence-corrected chi connectivity index (χ4v) is 1.05. The molecule has 0 fully saturated rings. The van der Waals surface area contributed by atoms with E-state index in [1.807, 2.05) is 25.1 Å². The highest BCUT2D eigenvalue weighted by Crippen LogP contribution is 2.23. The number of methoxy groups -OCH3 is 1. The quantitative estimate of drug-likeness (QED) is 0.764. The summed E-state index contributed by atoms with van der Waals surface area (Å²) in [5, 5.41) is 8.55. The van der Waals surface area contributed by atoms with Gasteiger partial charge in [0, 0.05) is 6.07 Å². The molecule has 0 unspecified atom stereocenters. The monoisotopic (exact) mass is 182 g/mol. The summed E-state index contributed by atoms with van der Waals surface area (Å²) in [4.78, 5) is 0. The molecule has 1 aromatic carbocycles. The van der Waals surface area contributed by atoms with Crippen LogP contribution < -0.4 is 9.47 Å². The molecule has 0 radical (unpaired) electrons. The third-order valence-electron chi connectivity index (χ3n) is 1.74. The van der Waals surface area contributed by atoms with Crippen molar-refractivity contribution in [1.29, 1.82) is 0 Å². The second-order valence-electron chi connectivity index (χ2n) is 2.70. The lowest BCUT2D eigenvalue weighted by atomic mass is 10.2. The highest BCUT2D eigenvalue weighted by Gasteiger charge is 2.00. The normalized spacial score (nSPS) is 9.77. The zero-order valence-electron chi connectivity index (χ0n) is 7.91. The molecule has 0 aliphatic carbocycles. The lowest BCUT2D eigenvalue weighted by Gasteiger charge is -2.08. The second-order valence-corrected chi connectivity index (χ2v) is 2.70. The molecule has 72 valence electrons. The first-order valence-corrected chi connectivity index (χ1v) is 4.16. The van der Waals surface area contributed by atoms with Crippen LogP contribution in [0.1, 0.15) is 5.56 Å². The lowest BCUT2D eigenvalue weighted by molar-refractivity contribution is 0.201. The summed E-state index contributed by atoms with van der Waals surface area (Å²) in [7, 11) is 1.62. The Kier molecular flexibility index (Phi) is 3.58. The van der Waals surface area contributed by atoms with Crippen LogP contribution in [0.3, 0.4) is 0 Å². The number of hydrogen-bond acceptors (Lipinski definition) is 3. The summed E-state index contributed by atoms with van der Waals surface area (Å²) in [6.45, 7) is 2.30. The Hall–Kier alpha value is -1.22. The van der Waals surface area contributed by atoms with E-state index in [0.29, 0.717) is 6.61 Å². The smallest absolute Gasteiger partial charge is 0.125 e. The minimum absolute atomic E-state index is 0.0240. The third kappa shape index (κ3) is 2.63. The van der Waals surface area contributed by atoms with Gasteiger partial charge in [0.05, 0.1) is 13.7 Å². The largest absolute Gasteiger partial charge is 0.496 e. The molecule has 3 heteroatoms. The second kappa shape index (κ2) is 4.72. The predicted molar refractivity (Wildman–Crippen MR) is 50.3 cm³/mol. The Balaban J connectivity index is 2.74. The summed E-state index contributed by atoms with van der Waals surface area (Å²) < 4.78 is 10.3. The highest BCUT2D eigenvalue weighted by atomic mass is 16.5. The number of hydrogen-bond donors (Lipinski definition) is 1. The van der Waals surface area contributed by atoms with E-state index in [9.17, 15) is 0 Å². The van der Waals surface area contributed by atoms with E-state index in [-0.39, 0.29) is 6.61 Å². The Labute approximate surface area is 77.9 Å². The minimum Gasteiger partial charge on any atom is -0.496 e. The number of aliphatic hydroxyl groups excluding tert-OH is 1. The van der Waals surface area contributed by atoms with Gasteiger partial charge < -0.3 is 14.6 Å². The molecule has 0 aromatic heterocycles. The van der Waals surface area contributed by atoms with E-state index in [0.717, 1.165) is 17.1 Å². The molecule has 13 heavy (non-hydrogen) atoms. The maximum absolute atomic E-state index is 8.55. The van der Waals surface area contributed by atoms with E-state index in [1.165, 1.54) is 0 Å². The van der Waals surface area contributed by atoms with E-state index >= 15 is 0 Å². The van der Waals surface area contributed by atoms with Gasteiger partial charge in [-0.15, -0.1) is 0 Å². The molecule has 0 aliphatic heterocycles. The van der Waals surface area contributed by atoms with E-state index in [1.54, 1.807) is 7.11 Å². The summed E-state index contributed by atoms with van der Waals surface area (Å²) in [5.74, 6) is 1.52. The molecule has 1 N–H and O–H groups in total. The van der Waals surface area contributed by atoms with Crippen LogP contribution in [0, 0.1) is 6.92 Å². The van der Waals surface area contributed by atoms with Crippen LogP contribution in [0.2, 0.25) is 0 Å². The van der Waals surface area contributed by atoms with Gasteiger partial charge in [0.15, 0.2) is 0 Å². The van der Waals surface area contributed by atoms with Crippen LogP contribution in [-0.2, 0) is 0 Å². The molecule has 0 saturated carbocycles. The molecular formula is C10H14O3. The predicted octanol–water partition coefficient (Wildman–Crippen LogP) is 1.37. The zero-order chi connectivity index (χ0) is 9.68. The van der Waals surface area contributed by atoms with Gasteiger partial charge in [-0.1, -0.05) is 6.07 Å². The highest BCUT2D eigenvalue weighted by molar-refractivity contribution is 5.39. The summed E-state index contributed by atoms with van der Waals surface area (Å²) in [6.07, 6.45) is 0. The molecule has 3 nitrogen and oxygen atoms in total. The maximum Gasteiger partial charge on any atom is 0.125 e. The first-order valence-electron chi connectivity index (χ1n) is 4.16. The van der Waals surface area contributed by atoms with Gasteiger partial charge in [0.25, 0.3) is 0 Å². The average Bonchev–Trinajstić information content (AvgIpc) is 2.16. The van der Waals surface area contributed by atoms with Crippen LogP contribution in [-0.4, -0.2) is 25.4 Å². The number of ether oxygens (including phenoxy) is 2. The van der Waals surface area contributed by atoms with E-state index < -0.39 is 0 Å². The van der Waals surface area contributed by atoms with Crippen molar-refractivity contribution in [2.45, 2.75) is 6.92 Å². The van der Waals surface area contributed by atoms with Crippen molar-refractivity contribution in [1.82, 2.24) is 0 Å². The zero-order valence-corrected chi connectivity index (χ0v) is 7.91. The number of aryl methyl sites for hydroxylation is 1. The first kappa shape index (κ1) is 9.86. The molecule has 0 amide bonds. The van der Waals surface area contributed by atoms with Crippen molar-refractivity contribution in [2.75, 3.05) is 20.3 Å². The molecule has 0 heterocycles. The van der Waals surface area contributed by atoms with Gasteiger partial charge in [0.1, 0.15) is 18.1 Å². The van der Waals surface area contributed by atoms with Gasteiger partial charge in [0.2, 0.25) is 0 Å². The van der Waals surface area contributed by atoms with Crippen LogP contribution in [0.4, 0.5) is 0 Å². The van der Waals surface area contributed by atoms with E-state index in [4.69, 9.17) is 14.6 Å². The Morgan fingerprint density at radius 3 is 2.77 bits per heavy atom. The number of rotatable bonds is 4. The van der Waals surface area contributed by atoms with Crippen LogP contribution in [0.15, 0.2) is 18.2 Å². The standard InChI is InChI=1S/C10H14O3/c1-8-3-4-9(13-6-5-11)7-10(8)12-2/h3-4,7,11H,5-6H2,1-2H3. The SMILES string of the molecule is COc1cc(OCCO)ccc1C. The maximum atomic E-state index is 8.55. The van der Waals surface area contributed by atoms with Crippen molar-refractivity contribution < 1.29 is 14.6 Å². The molecule has 0 aliphatic rings. The van der Waals surface area contributed by atoms with Crippen LogP contribution in [0.5, 0.6) is 11.5 Å². The molecule has 0 atom stereocenters. The Bertz CT molecular complexity index is 271. The summed E-state index contributed by atoms with van der Waals surface area (Å²) in [6, 6.07) is 5.59. The molecule has 0 spiro atoms. The fraction of sp³-hybridized carbons (Fsp3) is 0.400. The topological polar surface area (TPSA) is 38.7 Å². The number of benzene rings is 1. The van der Waals surface area contributed by atoms with Crippen molar-refractivity contribution in [3.05, 3.63) is 23.8 Å². The van der Waals surface area contributed by atoms with Gasteiger partial charge in [-0.05, 0) is 18.6 Å². The number of aliphatic hydroxyl groups is 1. The van der Waals surface area contributed by atoms with Gasteiger partial charge in [-0.2, -0.15) is 0 Å². The molecule has 0 bridgehead atoms. The first-order chi connectivity index (χ1) is 6.27. The summed E-state index contributed by atoms with van der Waals surface area (Å²) >= 11 is 0. The van der Waals surface area contributed by atoms with Crippen molar-refractivity contribution in [3.8, 4) is 11.5 Å². The molecule has 1 aromatic rings. The van der Waals surface area contributed by atoms with E-state index in [2.05, 4.69) is 0 Å². The van der Waals surface area contributed by atoms with Gasteiger partial charge in [-0.25, -0.2) is 0 Å². The average molecular weight is 182 g/mol. The van der Waals surface area contributed by atoms with Crippen molar-refractivity contribution in [2.24, 2.45) is 0 Å². The molecule has 1 rings (SSSR count). The fourth-order valence-electron chi connectivity index (χ4n) is 1.05. The molecule has 0 saturated heterocycles. The van der Waals surface area contributed by atoms with Crippen molar-refractivity contribution >= 4 is 0 Å². The van der Waals surface area contributed by atoms with Crippen LogP contribution >= 0.6 is 0 Å². The van der Waals surface area contributed by atoms with Crippen LogP contribution in [0.25, 0.3) is 0 Å². The Morgan fingerprint density at radius 1 is 1.38 bits per heavy atom. The Morgan fingerprint density at radius 2 is 2.15 bits per heavy atom. The lowest BCUT2D eigenvalue weighted by Crippen LogP contribution is -2.01. The van der Waals surface area contributed by atoms with Gasteiger partial charge in [-0.3, -0.25) is 0 Å².